The van der Waals surface area contributed by atoms with E-state index < -0.39 is 29.5 Å². The van der Waals surface area contributed by atoms with E-state index in [-0.39, 0.29) is 34.9 Å². The molecule has 0 amide bonds. The third-order valence-corrected chi connectivity index (χ3v) is 8.57. The van der Waals surface area contributed by atoms with Gasteiger partial charge in [0.1, 0.15) is 12.2 Å². The summed E-state index contributed by atoms with van der Waals surface area (Å²) in [4.78, 5) is 24.4. The molecule has 148 valence electrons. The molecule has 4 rings (SSSR count). The van der Waals surface area contributed by atoms with E-state index in [2.05, 4.69) is 13.8 Å². The number of carbonyl (C=O) groups is 2. The highest BCUT2D eigenvalue weighted by Gasteiger charge is 2.68. The monoisotopic (exact) mass is 374 g/mol. The van der Waals surface area contributed by atoms with Crippen molar-refractivity contribution in [1.82, 2.24) is 0 Å². The van der Waals surface area contributed by atoms with Crippen molar-refractivity contribution in [2.24, 2.45) is 34.5 Å². The number of hydrogen-bond donors (Lipinski definition) is 3. The maximum atomic E-state index is 12.4. The SMILES string of the molecule is C[C@H]1C[C@H]2[C@@H]([C@@H](O)C[C@@]3(C)[C@@H]2CC[C@@]3(O)C(=O)CO)[C@@]2(C)C=CC(=O)C=C12. The van der Waals surface area contributed by atoms with E-state index >= 15 is 0 Å². The van der Waals surface area contributed by atoms with Crippen LogP contribution in [0.4, 0.5) is 0 Å². The Hall–Kier alpha value is -1.30. The maximum Gasteiger partial charge on any atom is 0.190 e. The van der Waals surface area contributed by atoms with Crippen LogP contribution in [0.1, 0.15) is 46.5 Å². The Bertz CT molecular complexity index is 754. The summed E-state index contributed by atoms with van der Waals surface area (Å²) in [6, 6.07) is 0. The summed E-state index contributed by atoms with van der Waals surface area (Å²) < 4.78 is 0. The van der Waals surface area contributed by atoms with Gasteiger partial charge in [-0.05, 0) is 55.6 Å². The Kier molecular flexibility index (Phi) is 4.12. The van der Waals surface area contributed by atoms with Gasteiger partial charge >= 0.3 is 0 Å². The molecule has 0 unspecified atom stereocenters. The van der Waals surface area contributed by atoms with Crippen molar-refractivity contribution in [3.63, 3.8) is 0 Å². The largest absolute Gasteiger partial charge is 0.393 e. The van der Waals surface area contributed by atoms with Gasteiger partial charge in [-0.1, -0.05) is 32.4 Å². The summed E-state index contributed by atoms with van der Waals surface area (Å²) in [7, 11) is 0. The number of carbonyl (C=O) groups excluding carboxylic acids is 2. The van der Waals surface area contributed by atoms with Gasteiger partial charge in [-0.25, -0.2) is 0 Å². The first-order valence-electron chi connectivity index (χ1n) is 10.1. The molecule has 0 spiro atoms. The van der Waals surface area contributed by atoms with Gasteiger partial charge in [0, 0.05) is 16.7 Å². The molecule has 0 radical (unpaired) electrons. The molecular formula is C22H30O5. The van der Waals surface area contributed by atoms with Crippen molar-refractivity contribution in [2.45, 2.75) is 58.2 Å². The van der Waals surface area contributed by atoms with Crippen LogP contribution in [0, 0.1) is 34.5 Å². The predicted octanol–water partition coefficient (Wildman–Crippen LogP) is 1.80. The molecule has 0 heterocycles. The van der Waals surface area contributed by atoms with Crippen LogP contribution in [0.2, 0.25) is 0 Å². The lowest BCUT2D eigenvalue weighted by Crippen LogP contribution is -2.62. The second-order valence-electron chi connectivity index (χ2n) is 9.72. The van der Waals surface area contributed by atoms with E-state index in [4.69, 9.17) is 0 Å². The van der Waals surface area contributed by atoms with Crippen LogP contribution in [0.15, 0.2) is 23.8 Å². The van der Waals surface area contributed by atoms with Crippen LogP contribution in [-0.2, 0) is 9.59 Å². The van der Waals surface area contributed by atoms with Gasteiger partial charge in [-0.3, -0.25) is 9.59 Å². The van der Waals surface area contributed by atoms with Gasteiger partial charge in [-0.2, -0.15) is 0 Å². The van der Waals surface area contributed by atoms with E-state index in [1.165, 1.54) is 0 Å². The number of allylic oxidation sites excluding steroid dienone is 4. The summed E-state index contributed by atoms with van der Waals surface area (Å²) >= 11 is 0. The number of Topliss-reactive ketones (excluding diaryl/α,β-unsaturated/α-hetero) is 1. The zero-order valence-electron chi connectivity index (χ0n) is 16.3. The van der Waals surface area contributed by atoms with Crippen molar-refractivity contribution in [1.29, 1.82) is 0 Å². The van der Waals surface area contributed by atoms with E-state index in [0.29, 0.717) is 12.8 Å². The van der Waals surface area contributed by atoms with Crippen LogP contribution in [-0.4, -0.2) is 45.2 Å². The van der Waals surface area contributed by atoms with Crippen LogP contribution in [0.5, 0.6) is 0 Å². The van der Waals surface area contributed by atoms with Crippen LogP contribution in [0.25, 0.3) is 0 Å². The number of ketones is 2. The molecule has 5 heteroatoms. The Balaban J connectivity index is 1.78. The van der Waals surface area contributed by atoms with E-state index in [0.717, 1.165) is 18.4 Å². The van der Waals surface area contributed by atoms with Crippen molar-refractivity contribution >= 4 is 11.6 Å². The molecule has 0 bridgehead atoms. The molecule has 8 atom stereocenters. The topological polar surface area (TPSA) is 94.8 Å². The maximum absolute atomic E-state index is 12.4. The molecule has 27 heavy (non-hydrogen) atoms. The lowest BCUT2D eigenvalue weighted by atomic mass is 9.45. The molecule has 5 nitrogen and oxygen atoms in total. The van der Waals surface area contributed by atoms with Crippen LogP contribution < -0.4 is 0 Å². The normalized spacial score (nSPS) is 51.3. The first-order valence-corrected chi connectivity index (χ1v) is 10.1. The first-order chi connectivity index (χ1) is 12.6. The molecule has 3 N–H and O–H groups in total. The van der Waals surface area contributed by atoms with Gasteiger partial charge in [0.15, 0.2) is 11.6 Å². The molecule has 4 aliphatic rings. The summed E-state index contributed by atoms with van der Waals surface area (Å²) in [5, 5.41) is 31.9. The molecule has 0 aromatic rings. The second-order valence-corrected chi connectivity index (χ2v) is 9.72. The fourth-order valence-corrected chi connectivity index (χ4v) is 7.34. The average Bonchev–Trinajstić information content (AvgIpc) is 2.87. The fourth-order valence-electron chi connectivity index (χ4n) is 7.34. The van der Waals surface area contributed by atoms with Gasteiger partial charge in [0.2, 0.25) is 0 Å². The zero-order valence-corrected chi connectivity index (χ0v) is 16.3. The minimum absolute atomic E-state index is 0.00620. The van der Waals surface area contributed by atoms with Crippen LogP contribution in [0.3, 0.4) is 0 Å². The van der Waals surface area contributed by atoms with Crippen molar-refractivity contribution in [3.05, 3.63) is 23.8 Å². The highest BCUT2D eigenvalue weighted by atomic mass is 16.3. The van der Waals surface area contributed by atoms with Crippen molar-refractivity contribution in [2.75, 3.05) is 6.61 Å². The van der Waals surface area contributed by atoms with Gasteiger partial charge < -0.3 is 15.3 Å². The smallest absolute Gasteiger partial charge is 0.190 e. The lowest BCUT2D eigenvalue weighted by Gasteiger charge is -2.60. The minimum atomic E-state index is -1.57. The zero-order chi connectivity index (χ0) is 19.8. The number of aliphatic hydroxyl groups excluding tert-OH is 2. The first kappa shape index (κ1) is 19.0. The fraction of sp³-hybridized carbons (Fsp3) is 0.727. The molecule has 0 aromatic carbocycles. The van der Waals surface area contributed by atoms with Gasteiger partial charge in [0.25, 0.3) is 0 Å². The van der Waals surface area contributed by atoms with Crippen molar-refractivity contribution in [3.8, 4) is 0 Å². The molecule has 0 aromatic heterocycles. The average molecular weight is 374 g/mol. The van der Waals surface area contributed by atoms with Crippen molar-refractivity contribution < 1.29 is 24.9 Å². The van der Waals surface area contributed by atoms with Gasteiger partial charge in [0.05, 0.1) is 6.10 Å². The van der Waals surface area contributed by atoms with Crippen LogP contribution >= 0.6 is 0 Å². The summed E-state index contributed by atoms with van der Waals surface area (Å²) in [5.41, 5.74) is -1.59. The third kappa shape index (κ3) is 2.28. The highest BCUT2D eigenvalue weighted by molar-refractivity contribution is 6.01. The molecule has 0 aliphatic heterocycles. The molecular weight excluding hydrogens is 344 g/mol. The number of aliphatic hydroxyl groups is 3. The summed E-state index contributed by atoms with van der Waals surface area (Å²) in [5.74, 6) is -0.0768. The standard InChI is InChI=1S/C22H30O5/c1-12-8-14-15-5-7-22(27,18(26)11-23)21(15,3)10-17(25)19(14)20(2)6-4-13(24)9-16(12)20/h4,6,9,12,14-15,17,19,23,25,27H,5,7-8,10-11H2,1-3H3/t12-,14+,15+,17-,19-,20-,21-,22+/m0/s1. The Morgan fingerprint density at radius 1 is 1.33 bits per heavy atom. The molecule has 0 saturated heterocycles. The van der Waals surface area contributed by atoms with E-state index in [9.17, 15) is 24.9 Å². The van der Waals surface area contributed by atoms with E-state index in [1.54, 1.807) is 12.2 Å². The molecule has 4 aliphatic carbocycles. The summed E-state index contributed by atoms with van der Waals surface area (Å²) in [6.45, 7) is 5.48. The molecule has 3 saturated carbocycles. The lowest BCUT2D eigenvalue weighted by molar-refractivity contribution is -0.180. The Morgan fingerprint density at radius 3 is 2.70 bits per heavy atom. The minimum Gasteiger partial charge on any atom is -0.393 e. The summed E-state index contributed by atoms with van der Waals surface area (Å²) in [6.07, 6.45) is 6.87. The predicted molar refractivity (Wildman–Crippen MR) is 99.6 cm³/mol. The number of fused-ring (bicyclic) bond motifs is 5. The number of rotatable bonds is 2. The number of hydrogen-bond acceptors (Lipinski definition) is 5. The quantitative estimate of drug-likeness (QED) is 0.685. The third-order valence-electron chi connectivity index (χ3n) is 8.57. The second kappa shape index (κ2) is 5.85. The Labute approximate surface area is 160 Å². The highest BCUT2D eigenvalue weighted by Crippen LogP contribution is 2.67. The van der Waals surface area contributed by atoms with E-state index in [1.807, 2.05) is 13.0 Å². The Morgan fingerprint density at radius 2 is 2.04 bits per heavy atom. The van der Waals surface area contributed by atoms with Gasteiger partial charge in [-0.15, -0.1) is 0 Å². The molecule has 3 fully saturated rings.